The van der Waals surface area contributed by atoms with E-state index in [0.717, 1.165) is 55.7 Å². The van der Waals surface area contributed by atoms with Gasteiger partial charge in [0.2, 0.25) is 11.5 Å². The monoisotopic (exact) mass is 801 g/mol. The molecule has 7 rings (SSSR count). The highest BCUT2D eigenvalue weighted by Crippen LogP contribution is 2.40. The zero-order valence-electron chi connectivity index (χ0n) is 33.6. The molecule has 12 nitrogen and oxygen atoms in total. The largest absolute Gasteiger partial charge is 0.506 e. The Kier molecular flexibility index (Phi) is 14.1. The molecule has 2 heterocycles. The highest BCUT2D eigenvalue weighted by molar-refractivity contribution is 5.91. The summed E-state index contributed by atoms with van der Waals surface area (Å²) in [5.74, 6) is 1.03. The fourth-order valence-electron chi connectivity index (χ4n) is 8.57. The highest BCUT2D eigenvalue weighted by Gasteiger charge is 2.42. The number of ether oxygens (including phenoxy) is 2. The first-order valence-corrected chi connectivity index (χ1v) is 20.8. The van der Waals surface area contributed by atoms with Crippen molar-refractivity contribution >= 4 is 28.6 Å². The maximum absolute atomic E-state index is 12.9. The Labute approximate surface area is 345 Å². The second-order valence-electron chi connectivity index (χ2n) is 15.7. The number of pyridine rings is 1. The number of aliphatic hydroxyl groups is 1. The number of carbonyl (C=O) groups is 2. The van der Waals surface area contributed by atoms with Crippen LogP contribution in [0.2, 0.25) is 0 Å². The SMILES string of the molecule is CCN(CCNC[C@H](O)c1ccc(O)c2[nH]c(=O)ccc12)C(=O)CCOCCc1ccc(CN2C[C@H]3C[C@H](OC(=O)Nc4ccccc4-c4ccccc4)C[C@H]3C2)cc1. The zero-order valence-corrected chi connectivity index (χ0v) is 33.6. The van der Waals surface area contributed by atoms with Gasteiger partial charge in [0.15, 0.2) is 0 Å². The third kappa shape index (κ3) is 11.0. The number of aromatic nitrogens is 1. The highest BCUT2D eigenvalue weighted by atomic mass is 16.6. The summed E-state index contributed by atoms with van der Waals surface area (Å²) >= 11 is 0. The second-order valence-corrected chi connectivity index (χ2v) is 15.7. The van der Waals surface area contributed by atoms with Crippen LogP contribution in [-0.2, 0) is 27.2 Å². The number of aromatic amines is 1. The second kappa shape index (κ2) is 20.0. The van der Waals surface area contributed by atoms with Gasteiger partial charge in [0, 0.05) is 62.8 Å². The molecule has 0 spiro atoms. The summed E-state index contributed by atoms with van der Waals surface area (Å²) in [6.07, 6.45) is 1.54. The quantitative estimate of drug-likeness (QED) is 0.0627. The molecule has 2 fully saturated rings. The fourth-order valence-corrected chi connectivity index (χ4v) is 8.57. The number of rotatable bonds is 18. The molecule has 4 aromatic carbocycles. The van der Waals surface area contributed by atoms with Gasteiger partial charge < -0.3 is 34.9 Å². The van der Waals surface area contributed by atoms with Crippen molar-refractivity contribution in [3.63, 3.8) is 0 Å². The molecule has 4 atom stereocenters. The van der Waals surface area contributed by atoms with Crippen LogP contribution in [0.3, 0.4) is 0 Å². The number of amides is 2. The molecule has 5 aromatic rings. The molecule has 59 heavy (non-hydrogen) atoms. The number of fused-ring (bicyclic) bond motifs is 2. The molecule has 1 saturated carbocycles. The predicted octanol–water partition coefficient (Wildman–Crippen LogP) is 6.48. The van der Waals surface area contributed by atoms with Crippen LogP contribution in [-0.4, -0.2) is 95.6 Å². The number of para-hydroxylation sites is 1. The lowest BCUT2D eigenvalue weighted by Crippen LogP contribution is -2.38. The van der Waals surface area contributed by atoms with Gasteiger partial charge >= 0.3 is 6.09 Å². The molecule has 2 amide bonds. The van der Waals surface area contributed by atoms with E-state index >= 15 is 0 Å². The Hall–Kier alpha value is -5.53. The molecule has 0 bridgehead atoms. The summed E-state index contributed by atoms with van der Waals surface area (Å²) in [5, 5.41) is 27.7. The Bertz CT molecular complexity index is 2220. The summed E-state index contributed by atoms with van der Waals surface area (Å²) in [7, 11) is 0. The average molecular weight is 802 g/mol. The van der Waals surface area contributed by atoms with Crippen LogP contribution in [0.5, 0.6) is 5.75 Å². The van der Waals surface area contributed by atoms with Gasteiger partial charge in [-0.1, -0.05) is 78.9 Å². The molecule has 2 aliphatic rings. The Balaban J connectivity index is 0.753. The number of anilines is 1. The lowest BCUT2D eigenvalue weighted by atomic mass is 10.0. The summed E-state index contributed by atoms with van der Waals surface area (Å²) in [6.45, 7) is 7.57. The fraction of sp³-hybridized carbons (Fsp3) is 0.383. The molecule has 12 heteroatoms. The van der Waals surface area contributed by atoms with Gasteiger partial charge in [-0.25, -0.2) is 4.79 Å². The standard InChI is InChI=1S/C47H55N5O7/c1-2-52(23-22-48-28-43(54)39-16-18-42(53)46-40(39)17-19-44(55)50-46)45(56)21-25-58-24-20-32-12-14-33(15-13-32)29-51-30-35-26-37(27-36(35)31-51)59-47(57)49-41-11-7-6-10-38(41)34-8-4-3-5-9-34/h3-19,35-37,43,48,53-54H,2,20-31H2,1H3,(H,49,57)(H,50,55)/t35-,36+,37+,43-/m0/s1. The van der Waals surface area contributed by atoms with Crippen LogP contribution in [0.1, 0.15) is 49.0 Å². The minimum atomic E-state index is -0.863. The van der Waals surface area contributed by atoms with Crippen molar-refractivity contribution in [2.75, 3.05) is 57.8 Å². The number of phenols is 1. The number of nitrogens with one attached hydrogen (secondary N) is 3. The van der Waals surface area contributed by atoms with E-state index in [0.29, 0.717) is 67.6 Å². The lowest BCUT2D eigenvalue weighted by molar-refractivity contribution is -0.132. The number of H-pyrrole nitrogens is 1. The number of nitrogens with zero attached hydrogens (tertiary/aromatic N) is 2. The first-order valence-electron chi connectivity index (χ1n) is 20.8. The normalized spacial score (nSPS) is 18.1. The number of phenolic OH excluding ortho intramolecular Hbond substituents is 1. The van der Waals surface area contributed by atoms with Crippen molar-refractivity contribution in [3.05, 3.63) is 130 Å². The van der Waals surface area contributed by atoms with Crippen molar-refractivity contribution in [2.24, 2.45) is 11.8 Å². The van der Waals surface area contributed by atoms with Gasteiger partial charge in [0.1, 0.15) is 11.9 Å². The third-order valence-corrected chi connectivity index (χ3v) is 11.6. The third-order valence-electron chi connectivity index (χ3n) is 11.6. The molecule has 0 unspecified atom stereocenters. The lowest BCUT2D eigenvalue weighted by Gasteiger charge is -2.22. The zero-order chi connectivity index (χ0) is 41.1. The number of hydrogen-bond acceptors (Lipinski definition) is 9. The van der Waals surface area contributed by atoms with Crippen molar-refractivity contribution in [1.82, 2.24) is 20.1 Å². The van der Waals surface area contributed by atoms with Crippen molar-refractivity contribution in [2.45, 2.75) is 51.4 Å². The first kappa shape index (κ1) is 41.6. The van der Waals surface area contributed by atoms with Gasteiger partial charge in [-0.3, -0.25) is 19.8 Å². The van der Waals surface area contributed by atoms with E-state index in [-0.39, 0.29) is 29.9 Å². The van der Waals surface area contributed by atoms with E-state index in [1.807, 2.05) is 61.5 Å². The van der Waals surface area contributed by atoms with E-state index in [1.54, 1.807) is 17.0 Å². The minimum absolute atomic E-state index is 0.0213. The summed E-state index contributed by atoms with van der Waals surface area (Å²) in [5.41, 5.74) is 5.79. The molecular weight excluding hydrogens is 747 g/mol. The number of aromatic hydroxyl groups is 1. The van der Waals surface area contributed by atoms with Gasteiger partial charge in [-0.2, -0.15) is 0 Å². The smallest absolute Gasteiger partial charge is 0.411 e. The van der Waals surface area contributed by atoms with E-state index in [4.69, 9.17) is 9.47 Å². The van der Waals surface area contributed by atoms with Crippen LogP contribution < -0.4 is 16.2 Å². The Morgan fingerprint density at radius 3 is 2.39 bits per heavy atom. The molecule has 1 aromatic heterocycles. The molecule has 310 valence electrons. The maximum atomic E-state index is 12.9. The Morgan fingerprint density at radius 1 is 0.898 bits per heavy atom. The molecule has 1 saturated heterocycles. The number of carbonyl (C=O) groups excluding carboxylic acids is 2. The van der Waals surface area contributed by atoms with Gasteiger partial charge in [0.25, 0.3) is 0 Å². The molecule has 1 aliphatic carbocycles. The van der Waals surface area contributed by atoms with E-state index in [1.165, 1.54) is 23.3 Å². The molecule has 1 aliphatic heterocycles. The number of benzene rings is 4. The van der Waals surface area contributed by atoms with Gasteiger partial charge in [-0.15, -0.1) is 0 Å². The summed E-state index contributed by atoms with van der Waals surface area (Å²) < 4.78 is 11.8. The van der Waals surface area contributed by atoms with Gasteiger partial charge in [0.05, 0.1) is 36.9 Å². The number of hydrogen-bond donors (Lipinski definition) is 5. The van der Waals surface area contributed by atoms with Crippen molar-refractivity contribution in [3.8, 4) is 16.9 Å². The summed E-state index contributed by atoms with van der Waals surface area (Å²) in [4.78, 5) is 44.4. The van der Waals surface area contributed by atoms with Crippen LogP contribution >= 0.6 is 0 Å². The average Bonchev–Trinajstić information content (AvgIpc) is 3.79. The van der Waals surface area contributed by atoms with Crippen LogP contribution in [0.4, 0.5) is 10.5 Å². The van der Waals surface area contributed by atoms with Crippen LogP contribution in [0.25, 0.3) is 22.0 Å². The Morgan fingerprint density at radius 2 is 1.63 bits per heavy atom. The van der Waals surface area contributed by atoms with Crippen LogP contribution in [0, 0.1) is 11.8 Å². The van der Waals surface area contributed by atoms with Gasteiger partial charge in [-0.05, 0) is 78.5 Å². The number of likely N-dealkylation sites (tertiary alicyclic amines) is 1. The first-order chi connectivity index (χ1) is 28.7. The van der Waals surface area contributed by atoms with Crippen molar-refractivity contribution in [1.29, 1.82) is 0 Å². The minimum Gasteiger partial charge on any atom is -0.506 e. The van der Waals surface area contributed by atoms with Crippen LogP contribution in [0.15, 0.2) is 108 Å². The van der Waals surface area contributed by atoms with E-state index in [9.17, 15) is 24.6 Å². The molecule has 5 N–H and O–H groups in total. The van der Waals surface area contributed by atoms with E-state index in [2.05, 4.69) is 44.8 Å². The van der Waals surface area contributed by atoms with E-state index < -0.39 is 12.2 Å². The molecule has 0 radical (unpaired) electrons. The predicted molar refractivity (Wildman–Crippen MR) is 229 cm³/mol. The topological polar surface area (TPSA) is 156 Å². The van der Waals surface area contributed by atoms with Crippen molar-refractivity contribution < 1.29 is 29.3 Å². The number of aliphatic hydroxyl groups excluding tert-OH is 1. The maximum Gasteiger partial charge on any atom is 0.411 e. The molecular formula is C47H55N5O7. The summed E-state index contributed by atoms with van der Waals surface area (Å²) in [6, 6.07) is 32.6. The number of likely N-dealkylation sites (N-methyl/N-ethyl adjacent to an activating group) is 1.